The van der Waals surface area contributed by atoms with Crippen LogP contribution in [0.2, 0.25) is 0 Å². The van der Waals surface area contributed by atoms with Crippen molar-refractivity contribution in [3.63, 3.8) is 0 Å². The van der Waals surface area contributed by atoms with Gasteiger partial charge >= 0.3 is 6.03 Å². The maximum absolute atomic E-state index is 13.4. The first-order chi connectivity index (χ1) is 18.4. The van der Waals surface area contributed by atoms with Crippen LogP contribution in [0.15, 0.2) is 60.9 Å². The Balaban J connectivity index is 1.38. The number of benzene rings is 2. The van der Waals surface area contributed by atoms with Crippen molar-refractivity contribution in [1.29, 1.82) is 0 Å². The standard InChI is InChI=1S/C27H27FN8O2/c1-4-36-23(10-11-30-36)32-26-29-15-20-16-35(27(38)34(3)24(20)33-26)22-13-21(9-8-17(22)2)31-25(37)19-7-5-6-18(12-19)14-28/h5-13,15H,4,14,16H2,1-3H3,(H,31,37)(H,29,32,33). The lowest BCUT2D eigenvalue weighted by Crippen LogP contribution is -2.46. The molecule has 2 aromatic heterocycles. The van der Waals surface area contributed by atoms with Gasteiger partial charge in [0.2, 0.25) is 5.95 Å². The fraction of sp³-hybridized carbons (Fsp3) is 0.222. The number of fused-ring (bicyclic) bond motifs is 1. The molecule has 0 spiro atoms. The molecule has 0 fully saturated rings. The summed E-state index contributed by atoms with van der Waals surface area (Å²) in [5.74, 6) is 1.27. The smallest absolute Gasteiger partial charge is 0.322 e. The first-order valence-corrected chi connectivity index (χ1v) is 12.1. The van der Waals surface area contributed by atoms with Crippen molar-refractivity contribution < 1.29 is 14.0 Å². The molecule has 2 aromatic carbocycles. The molecule has 0 saturated heterocycles. The number of carbonyl (C=O) groups excluding carboxylic acids is 2. The number of alkyl halides is 1. The normalized spacial score (nSPS) is 12.9. The van der Waals surface area contributed by atoms with E-state index in [4.69, 9.17) is 0 Å². The van der Waals surface area contributed by atoms with Gasteiger partial charge in [0, 0.05) is 42.7 Å². The minimum absolute atomic E-state index is 0.261. The van der Waals surface area contributed by atoms with Gasteiger partial charge in [-0.05, 0) is 49.2 Å². The topological polar surface area (TPSA) is 108 Å². The molecule has 0 unspecified atom stereocenters. The fourth-order valence-electron chi connectivity index (χ4n) is 4.34. The summed E-state index contributed by atoms with van der Waals surface area (Å²) in [6, 6.07) is 13.3. The lowest BCUT2D eigenvalue weighted by atomic mass is 10.1. The maximum Gasteiger partial charge on any atom is 0.330 e. The predicted molar refractivity (Wildman–Crippen MR) is 144 cm³/mol. The molecule has 0 atom stereocenters. The second-order valence-electron chi connectivity index (χ2n) is 8.92. The number of aryl methyl sites for hydroxylation is 2. The Kier molecular flexibility index (Phi) is 6.73. The van der Waals surface area contributed by atoms with E-state index >= 15 is 0 Å². The summed E-state index contributed by atoms with van der Waals surface area (Å²) in [5.41, 5.74) is 3.59. The van der Waals surface area contributed by atoms with E-state index in [1.807, 2.05) is 26.0 Å². The highest BCUT2D eigenvalue weighted by molar-refractivity contribution is 6.07. The van der Waals surface area contributed by atoms with Gasteiger partial charge in [-0.15, -0.1) is 0 Å². The molecule has 0 radical (unpaired) electrons. The largest absolute Gasteiger partial charge is 0.330 e. The van der Waals surface area contributed by atoms with E-state index < -0.39 is 6.67 Å². The number of nitrogens with zero attached hydrogens (tertiary/aromatic N) is 6. The van der Waals surface area contributed by atoms with Crippen molar-refractivity contribution in [2.24, 2.45) is 0 Å². The van der Waals surface area contributed by atoms with E-state index in [2.05, 4.69) is 25.7 Å². The molecule has 1 aliphatic rings. The third kappa shape index (κ3) is 4.77. The third-order valence-corrected chi connectivity index (χ3v) is 6.36. The van der Waals surface area contributed by atoms with E-state index in [-0.39, 0.29) is 18.5 Å². The van der Waals surface area contributed by atoms with Gasteiger partial charge in [0.15, 0.2) is 0 Å². The van der Waals surface area contributed by atoms with Crippen LogP contribution in [0.1, 0.15) is 34.0 Å². The Morgan fingerprint density at radius 2 is 2.00 bits per heavy atom. The molecule has 0 saturated carbocycles. The minimum Gasteiger partial charge on any atom is -0.322 e. The highest BCUT2D eigenvalue weighted by Crippen LogP contribution is 2.33. The molecule has 1 aliphatic heterocycles. The van der Waals surface area contributed by atoms with Crippen molar-refractivity contribution in [1.82, 2.24) is 19.7 Å². The third-order valence-electron chi connectivity index (χ3n) is 6.36. The van der Waals surface area contributed by atoms with Gasteiger partial charge in [0.1, 0.15) is 18.3 Å². The molecule has 5 rings (SSSR count). The number of aromatic nitrogens is 4. The van der Waals surface area contributed by atoms with E-state index in [0.717, 1.165) is 16.9 Å². The van der Waals surface area contributed by atoms with Crippen LogP contribution < -0.4 is 20.4 Å². The van der Waals surface area contributed by atoms with Gasteiger partial charge in [0.25, 0.3) is 5.91 Å². The van der Waals surface area contributed by atoms with Gasteiger partial charge in [-0.2, -0.15) is 10.1 Å². The highest BCUT2D eigenvalue weighted by Gasteiger charge is 2.31. The number of halogens is 1. The molecular formula is C27H27FN8O2. The molecule has 194 valence electrons. The number of nitrogens with one attached hydrogen (secondary N) is 2. The zero-order chi connectivity index (χ0) is 26.8. The number of urea groups is 1. The van der Waals surface area contributed by atoms with Crippen molar-refractivity contribution >= 4 is 40.9 Å². The van der Waals surface area contributed by atoms with E-state index in [9.17, 15) is 14.0 Å². The van der Waals surface area contributed by atoms with Crippen molar-refractivity contribution in [3.8, 4) is 0 Å². The summed E-state index contributed by atoms with van der Waals surface area (Å²) < 4.78 is 14.8. The predicted octanol–water partition coefficient (Wildman–Crippen LogP) is 5.04. The Hall–Kier alpha value is -4.80. The van der Waals surface area contributed by atoms with Crippen LogP contribution >= 0.6 is 0 Å². The Morgan fingerprint density at radius 1 is 1.16 bits per heavy atom. The van der Waals surface area contributed by atoms with Crippen molar-refractivity contribution in [2.75, 3.05) is 27.5 Å². The fourth-order valence-corrected chi connectivity index (χ4v) is 4.34. The number of hydrogen-bond acceptors (Lipinski definition) is 6. The van der Waals surface area contributed by atoms with Crippen LogP contribution in [0.5, 0.6) is 0 Å². The summed E-state index contributed by atoms with van der Waals surface area (Å²) in [6.45, 7) is 4.19. The van der Waals surface area contributed by atoms with Crippen LogP contribution in [0.25, 0.3) is 0 Å². The van der Waals surface area contributed by atoms with Gasteiger partial charge in [-0.3, -0.25) is 14.6 Å². The molecule has 4 aromatic rings. The molecule has 11 heteroatoms. The summed E-state index contributed by atoms with van der Waals surface area (Å²) >= 11 is 0. The van der Waals surface area contributed by atoms with Crippen LogP contribution in [0, 0.1) is 6.92 Å². The number of anilines is 5. The van der Waals surface area contributed by atoms with E-state index in [0.29, 0.717) is 40.8 Å². The number of rotatable bonds is 7. The Labute approximate surface area is 219 Å². The molecule has 3 heterocycles. The number of hydrogen-bond donors (Lipinski definition) is 2. The first kappa shape index (κ1) is 24.9. The zero-order valence-corrected chi connectivity index (χ0v) is 21.3. The lowest BCUT2D eigenvalue weighted by molar-refractivity contribution is 0.102. The molecule has 2 N–H and O–H groups in total. The van der Waals surface area contributed by atoms with Crippen LogP contribution in [0.4, 0.5) is 38.1 Å². The van der Waals surface area contributed by atoms with Crippen LogP contribution in [-0.2, 0) is 19.8 Å². The highest BCUT2D eigenvalue weighted by atomic mass is 19.1. The minimum atomic E-state index is -0.646. The van der Waals surface area contributed by atoms with Gasteiger partial charge in [0.05, 0.1) is 18.4 Å². The summed E-state index contributed by atoms with van der Waals surface area (Å²) in [6.07, 6.45) is 3.39. The molecule has 3 amide bonds. The van der Waals surface area contributed by atoms with Gasteiger partial charge in [-0.1, -0.05) is 18.2 Å². The second kappa shape index (κ2) is 10.3. The summed E-state index contributed by atoms with van der Waals surface area (Å²) in [5, 5.41) is 10.2. The van der Waals surface area contributed by atoms with E-state index in [1.165, 1.54) is 11.0 Å². The molecule has 10 nitrogen and oxygen atoms in total. The average molecular weight is 515 g/mol. The summed E-state index contributed by atoms with van der Waals surface area (Å²) in [7, 11) is 1.67. The molecule has 38 heavy (non-hydrogen) atoms. The number of carbonyl (C=O) groups is 2. The molecule has 0 bridgehead atoms. The van der Waals surface area contributed by atoms with Crippen molar-refractivity contribution in [2.45, 2.75) is 33.6 Å². The Bertz CT molecular complexity index is 1520. The van der Waals surface area contributed by atoms with E-state index in [1.54, 1.807) is 59.4 Å². The number of amides is 3. The van der Waals surface area contributed by atoms with Gasteiger partial charge < -0.3 is 10.6 Å². The van der Waals surface area contributed by atoms with Crippen LogP contribution in [0.3, 0.4) is 0 Å². The zero-order valence-electron chi connectivity index (χ0n) is 21.3. The SMILES string of the molecule is CCn1nccc1Nc1ncc2c(n1)N(C)C(=O)N(c1cc(NC(=O)c3cccc(CF)c3)ccc1C)C2. The van der Waals surface area contributed by atoms with Gasteiger partial charge in [-0.25, -0.2) is 18.9 Å². The van der Waals surface area contributed by atoms with Crippen LogP contribution in [-0.4, -0.2) is 38.7 Å². The lowest BCUT2D eigenvalue weighted by Gasteiger charge is -2.35. The molecule has 0 aliphatic carbocycles. The second-order valence-corrected chi connectivity index (χ2v) is 8.92. The molecular weight excluding hydrogens is 487 g/mol. The maximum atomic E-state index is 13.4. The quantitative estimate of drug-likeness (QED) is 0.358. The average Bonchev–Trinajstić information content (AvgIpc) is 3.39. The van der Waals surface area contributed by atoms with Crippen molar-refractivity contribution in [3.05, 3.63) is 83.2 Å². The monoisotopic (exact) mass is 514 g/mol. The summed E-state index contributed by atoms with van der Waals surface area (Å²) in [4.78, 5) is 38.3. The Morgan fingerprint density at radius 3 is 2.79 bits per heavy atom. The first-order valence-electron chi connectivity index (χ1n) is 12.1.